The maximum atomic E-state index is 5.40. The number of aromatic nitrogens is 3. The van der Waals surface area contributed by atoms with Crippen LogP contribution in [0.1, 0.15) is 30.1 Å². The lowest BCUT2D eigenvalue weighted by Gasteiger charge is -2.06. The first-order chi connectivity index (χ1) is 7.70. The second-order valence-corrected chi connectivity index (χ2v) is 5.27. The molecule has 0 spiro atoms. The zero-order valence-electron chi connectivity index (χ0n) is 9.20. The third kappa shape index (κ3) is 1.49. The molecule has 16 heavy (non-hydrogen) atoms. The highest BCUT2D eigenvalue weighted by atomic mass is 127. The summed E-state index contributed by atoms with van der Waals surface area (Å²) in [5.74, 6) is 2.36. The molecule has 84 valence electrons. The molecule has 0 aliphatic heterocycles. The Morgan fingerprint density at radius 2 is 2.25 bits per heavy atom. The van der Waals surface area contributed by atoms with Gasteiger partial charge in [-0.3, -0.25) is 0 Å². The Morgan fingerprint density at radius 1 is 1.50 bits per heavy atom. The number of ether oxygens (including phenoxy) is 1. The van der Waals surface area contributed by atoms with E-state index in [1.165, 1.54) is 12.8 Å². The monoisotopic (exact) mass is 329 g/mol. The quantitative estimate of drug-likeness (QED) is 0.628. The number of aryl methyl sites for hydroxylation is 1. The maximum absolute atomic E-state index is 5.40. The van der Waals surface area contributed by atoms with Crippen molar-refractivity contribution in [2.45, 2.75) is 25.7 Å². The van der Waals surface area contributed by atoms with Gasteiger partial charge in [-0.15, -0.1) is 5.10 Å². The van der Waals surface area contributed by atoms with Crippen LogP contribution in [0.5, 0.6) is 5.75 Å². The molecule has 3 rings (SSSR count). The van der Waals surface area contributed by atoms with Crippen molar-refractivity contribution in [1.82, 2.24) is 14.6 Å². The van der Waals surface area contributed by atoms with Crippen molar-refractivity contribution in [2.75, 3.05) is 7.11 Å². The fourth-order valence-electron chi connectivity index (χ4n) is 1.87. The standard InChI is InChI=1S/C11H12IN3O/c1-6-5-8(12)15-11(9(6)16-2)13-10(14-15)7-3-4-7/h5,7H,3-4H2,1-2H3. The lowest BCUT2D eigenvalue weighted by molar-refractivity contribution is 0.413. The minimum absolute atomic E-state index is 0.570. The molecule has 0 atom stereocenters. The third-order valence-corrected chi connectivity index (χ3v) is 3.64. The first kappa shape index (κ1) is 10.3. The van der Waals surface area contributed by atoms with Gasteiger partial charge >= 0.3 is 0 Å². The van der Waals surface area contributed by atoms with Crippen molar-refractivity contribution in [3.05, 3.63) is 21.2 Å². The van der Waals surface area contributed by atoms with E-state index in [4.69, 9.17) is 4.74 Å². The minimum Gasteiger partial charge on any atom is -0.493 e. The number of halogens is 1. The molecule has 0 amide bonds. The van der Waals surface area contributed by atoms with Gasteiger partial charge in [0.2, 0.25) is 0 Å². The van der Waals surface area contributed by atoms with E-state index in [0.717, 1.165) is 26.5 Å². The Bertz CT molecular complexity index is 560. The molecule has 1 fully saturated rings. The highest BCUT2D eigenvalue weighted by Gasteiger charge is 2.29. The van der Waals surface area contributed by atoms with Gasteiger partial charge in [0.05, 0.1) is 7.11 Å². The second-order valence-electron chi connectivity index (χ2n) is 4.16. The van der Waals surface area contributed by atoms with Gasteiger partial charge in [-0.2, -0.15) is 0 Å². The van der Waals surface area contributed by atoms with Crippen LogP contribution in [-0.2, 0) is 0 Å². The van der Waals surface area contributed by atoms with Crippen LogP contribution in [0.4, 0.5) is 0 Å². The van der Waals surface area contributed by atoms with Gasteiger partial charge < -0.3 is 4.74 Å². The van der Waals surface area contributed by atoms with E-state index in [2.05, 4.69) is 38.7 Å². The molecule has 0 bridgehead atoms. The molecule has 5 heteroatoms. The first-order valence-electron chi connectivity index (χ1n) is 5.30. The molecule has 0 radical (unpaired) electrons. The van der Waals surface area contributed by atoms with Gasteiger partial charge in [0.15, 0.2) is 17.2 Å². The topological polar surface area (TPSA) is 39.4 Å². The van der Waals surface area contributed by atoms with E-state index < -0.39 is 0 Å². The summed E-state index contributed by atoms with van der Waals surface area (Å²) in [6.07, 6.45) is 2.43. The van der Waals surface area contributed by atoms with Crippen LogP contribution in [0.2, 0.25) is 0 Å². The molecular formula is C11H12IN3O. The Labute approximate surface area is 107 Å². The van der Waals surface area contributed by atoms with E-state index in [9.17, 15) is 0 Å². The highest BCUT2D eigenvalue weighted by molar-refractivity contribution is 14.1. The summed E-state index contributed by atoms with van der Waals surface area (Å²) in [5.41, 5.74) is 1.95. The predicted molar refractivity (Wildman–Crippen MR) is 69.0 cm³/mol. The second kappa shape index (κ2) is 3.58. The Kier molecular flexibility index (Phi) is 2.31. The highest BCUT2D eigenvalue weighted by Crippen LogP contribution is 2.39. The van der Waals surface area contributed by atoms with E-state index in [1.54, 1.807) is 7.11 Å². The minimum atomic E-state index is 0.570. The normalized spacial score (nSPS) is 15.7. The average molecular weight is 329 g/mol. The van der Waals surface area contributed by atoms with Crippen molar-refractivity contribution >= 4 is 28.2 Å². The lowest BCUT2D eigenvalue weighted by atomic mass is 10.3. The molecule has 0 aromatic carbocycles. The number of hydrogen-bond acceptors (Lipinski definition) is 3. The zero-order chi connectivity index (χ0) is 11.3. The van der Waals surface area contributed by atoms with Gasteiger partial charge in [0.1, 0.15) is 3.70 Å². The van der Waals surface area contributed by atoms with Crippen LogP contribution < -0.4 is 4.74 Å². The number of methoxy groups -OCH3 is 1. The Balaban J connectivity index is 2.29. The maximum Gasteiger partial charge on any atom is 0.199 e. The number of hydrogen-bond donors (Lipinski definition) is 0. The van der Waals surface area contributed by atoms with Crippen LogP contribution in [0.25, 0.3) is 5.65 Å². The van der Waals surface area contributed by atoms with Gasteiger partial charge in [-0.1, -0.05) is 0 Å². The third-order valence-electron chi connectivity index (χ3n) is 2.87. The number of fused-ring (bicyclic) bond motifs is 1. The van der Waals surface area contributed by atoms with Crippen molar-refractivity contribution in [2.24, 2.45) is 0 Å². The summed E-state index contributed by atoms with van der Waals surface area (Å²) < 4.78 is 8.35. The SMILES string of the molecule is COc1c(C)cc(I)n2nc(C3CC3)nc12. The van der Waals surface area contributed by atoms with Crippen molar-refractivity contribution in [3.63, 3.8) is 0 Å². The Hall–Kier alpha value is -0.850. The molecule has 2 aromatic rings. The van der Waals surface area contributed by atoms with Gasteiger partial charge in [-0.25, -0.2) is 9.50 Å². The molecule has 0 N–H and O–H groups in total. The molecule has 2 heterocycles. The summed E-state index contributed by atoms with van der Waals surface area (Å²) in [4.78, 5) is 4.59. The summed E-state index contributed by atoms with van der Waals surface area (Å²) in [6.45, 7) is 2.03. The molecule has 0 unspecified atom stereocenters. The first-order valence-corrected chi connectivity index (χ1v) is 6.38. The average Bonchev–Trinajstić information content (AvgIpc) is 2.99. The van der Waals surface area contributed by atoms with Crippen LogP contribution in [-0.4, -0.2) is 21.7 Å². The largest absolute Gasteiger partial charge is 0.493 e. The zero-order valence-corrected chi connectivity index (χ0v) is 11.4. The van der Waals surface area contributed by atoms with Crippen molar-refractivity contribution < 1.29 is 4.74 Å². The number of nitrogens with zero attached hydrogens (tertiary/aromatic N) is 3. The lowest BCUT2D eigenvalue weighted by Crippen LogP contribution is -1.98. The summed E-state index contributed by atoms with van der Waals surface area (Å²) in [6, 6.07) is 2.07. The van der Waals surface area contributed by atoms with Crippen molar-refractivity contribution in [1.29, 1.82) is 0 Å². The van der Waals surface area contributed by atoms with E-state index in [0.29, 0.717) is 5.92 Å². The van der Waals surface area contributed by atoms with E-state index in [-0.39, 0.29) is 0 Å². The van der Waals surface area contributed by atoms with Gasteiger partial charge in [0, 0.05) is 5.92 Å². The number of pyridine rings is 1. The fraction of sp³-hybridized carbons (Fsp3) is 0.455. The molecule has 1 saturated carbocycles. The van der Waals surface area contributed by atoms with E-state index >= 15 is 0 Å². The fourth-order valence-corrected chi connectivity index (χ4v) is 2.68. The van der Waals surface area contributed by atoms with Crippen LogP contribution in [0, 0.1) is 10.6 Å². The molecular weight excluding hydrogens is 317 g/mol. The Morgan fingerprint density at radius 3 is 2.88 bits per heavy atom. The summed E-state index contributed by atoms with van der Waals surface area (Å²) in [7, 11) is 1.68. The van der Waals surface area contributed by atoms with Crippen LogP contribution in [0.15, 0.2) is 6.07 Å². The molecule has 2 aromatic heterocycles. The summed E-state index contributed by atoms with van der Waals surface area (Å²) in [5, 5.41) is 4.54. The van der Waals surface area contributed by atoms with Crippen molar-refractivity contribution in [3.8, 4) is 5.75 Å². The predicted octanol–water partition coefficient (Wildman–Crippen LogP) is 2.53. The molecule has 1 aliphatic rings. The van der Waals surface area contributed by atoms with Gasteiger partial charge in [-0.05, 0) is 54.0 Å². The number of rotatable bonds is 2. The van der Waals surface area contributed by atoms with Crippen LogP contribution in [0.3, 0.4) is 0 Å². The molecule has 1 aliphatic carbocycles. The molecule has 4 nitrogen and oxygen atoms in total. The summed E-state index contributed by atoms with van der Waals surface area (Å²) >= 11 is 2.28. The smallest absolute Gasteiger partial charge is 0.199 e. The van der Waals surface area contributed by atoms with Gasteiger partial charge in [0.25, 0.3) is 0 Å². The molecule has 0 saturated heterocycles. The van der Waals surface area contributed by atoms with Crippen LogP contribution >= 0.6 is 22.6 Å². The van der Waals surface area contributed by atoms with E-state index in [1.807, 2.05) is 11.4 Å².